The molecular formula is C33H44ClF2N3O6S3. The third-order valence-electron chi connectivity index (χ3n) is 7.74. The fourth-order valence-electron chi connectivity index (χ4n) is 5.32. The molecule has 0 saturated heterocycles. The summed E-state index contributed by atoms with van der Waals surface area (Å²) in [6, 6.07) is 10.6. The second-order valence-electron chi connectivity index (χ2n) is 11.7. The molecule has 0 saturated carbocycles. The van der Waals surface area contributed by atoms with E-state index in [0.29, 0.717) is 32.2 Å². The second-order valence-corrected chi connectivity index (χ2v) is 17.7. The van der Waals surface area contributed by atoms with Crippen LogP contribution in [0, 0.1) is 11.6 Å². The first-order chi connectivity index (χ1) is 22.7. The molecule has 0 aliphatic rings. The van der Waals surface area contributed by atoms with Crippen molar-refractivity contribution in [1.29, 1.82) is 0 Å². The largest absolute Gasteiger partial charge is 0.458 e. The van der Waals surface area contributed by atoms with Crippen LogP contribution in [0.25, 0.3) is 0 Å². The van der Waals surface area contributed by atoms with Gasteiger partial charge in [0.1, 0.15) is 28.0 Å². The molecule has 15 heteroatoms. The quantitative estimate of drug-likeness (QED) is 0.128. The van der Waals surface area contributed by atoms with E-state index in [-0.39, 0.29) is 27.1 Å². The first-order valence-electron chi connectivity index (χ1n) is 15.9. The number of esters is 1. The van der Waals surface area contributed by atoms with Gasteiger partial charge in [-0.05, 0) is 66.6 Å². The first-order valence-corrected chi connectivity index (χ1v) is 20.2. The molecule has 0 aliphatic carbocycles. The number of nitrogens with two attached hydrogens (primary N) is 1. The summed E-state index contributed by atoms with van der Waals surface area (Å²) in [5.41, 5.74) is 8.75. The minimum absolute atomic E-state index is 0.0257. The molecule has 266 valence electrons. The van der Waals surface area contributed by atoms with Crippen molar-refractivity contribution in [2.45, 2.75) is 93.5 Å². The molecule has 1 aromatic heterocycles. The van der Waals surface area contributed by atoms with Crippen molar-refractivity contribution >= 4 is 48.8 Å². The van der Waals surface area contributed by atoms with E-state index < -0.39 is 66.7 Å². The summed E-state index contributed by atoms with van der Waals surface area (Å²) in [5.74, 6) is -3.61. The Hall–Kier alpha value is -2.46. The second kappa shape index (κ2) is 18.5. The Labute approximate surface area is 291 Å². The summed E-state index contributed by atoms with van der Waals surface area (Å²) < 4.78 is 89.7. The number of hydrogen-bond acceptors (Lipinski definition) is 9. The van der Waals surface area contributed by atoms with Crippen molar-refractivity contribution in [1.82, 2.24) is 10.0 Å². The minimum atomic E-state index is -4.39. The molecule has 48 heavy (non-hydrogen) atoms. The molecule has 3 atom stereocenters. The van der Waals surface area contributed by atoms with Gasteiger partial charge in [-0.1, -0.05) is 69.5 Å². The zero-order valence-electron chi connectivity index (χ0n) is 27.3. The Balaban J connectivity index is 1.92. The van der Waals surface area contributed by atoms with Crippen molar-refractivity contribution in [2.75, 3.05) is 12.3 Å². The predicted octanol–water partition coefficient (Wildman–Crippen LogP) is 5.54. The van der Waals surface area contributed by atoms with Crippen LogP contribution >= 0.6 is 22.9 Å². The van der Waals surface area contributed by atoms with Crippen LogP contribution < -0.4 is 15.8 Å². The molecule has 0 amide bonds. The number of aryl methyl sites for hydroxylation is 1. The number of sulfonamides is 1. The molecule has 1 heterocycles. The van der Waals surface area contributed by atoms with Crippen LogP contribution in [0.2, 0.25) is 4.34 Å². The lowest BCUT2D eigenvalue weighted by Gasteiger charge is -2.28. The van der Waals surface area contributed by atoms with Crippen LogP contribution in [0.4, 0.5) is 8.78 Å². The van der Waals surface area contributed by atoms with E-state index in [9.17, 15) is 30.4 Å². The molecule has 0 aliphatic heterocycles. The Morgan fingerprint density at radius 3 is 2.17 bits per heavy atom. The normalized spacial score (nSPS) is 14.2. The lowest BCUT2D eigenvalue weighted by atomic mass is 10.0. The van der Waals surface area contributed by atoms with Crippen LogP contribution in [-0.2, 0) is 48.8 Å². The van der Waals surface area contributed by atoms with Crippen molar-refractivity contribution in [3.8, 4) is 0 Å². The molecular weight excluding hydrogens is 704 g/mol. The lowest BCUT2D eigenvalue weighted by Crippen LogP contribution is -2.52. The number of nitrogens with one attached hydrogen (secondary N) is 2. The number of hydrogen-bond donors (Lipinski definition) is 3. The smallest absolute Gasteiger partial charge is 0.325 e. The summed E-state index contributed by atoms with van der Waals surface area (Å²) in [6.45, 7) is 6.05. The van der Waals surface area contributed by atoms with Gasteiger partial charge in [0, 0.05) is 25.2 Å². The molecule has 0 radical (unpaired) electrons. The van der Waals surface area contributed by atoms with Gasteiger partial charge in [0.25, 0.3) is 10.0 Å². The topological polar surface area (TPSA) is 145 Å². The number of carbonyl (C=O) groups is 1. The molecule has 3 rings (SSSR count). The van der Waals surface area contributed by atoms with Crippen molar-refractivity contribution in [3.05, 3.63) is 87.3 Å². The van der Waals surface area contributed by atoms with Gasteiger partial charge >= 0.3 is 5.97 Å². The highest BCUT2D eigenvalue weighted by atomic mass is 35.5. The van der Waals surface area contributed by atoms with Crippen molar-refractivity contribution in [3.63, 3.8) is 0 Å². The van der Waals surface area contributed by atoms with Crippen LogP contribution in [-0.4, -0.2) is 58.5 Å². The van der Waals surface area contributed by atoms with E-state index >= 15 is 0 Å². The van der Waals surface area contributed by atoms with Gasteiger partial charge in [-0.2, -0.15) is 4.72 Å². The highest BCUT2D eigenvalue weighted by Crippen LogP contribution is 2.26. The molecule has 4 N–H and O–H groups in total. The summed E-state index contributed by atoms with van der Waals surface area (Å²) in [5, 5.41) is 2.40. The number of halogens is 3. The average molecular weight is 748 g/mol. The van der Waals surface area contributed by atoms with Gasteiger partial charge in [0.15, 0.2) is 9.84 Å². The summed E-state index contributed by atoms with van der Waals surface area (Å²) >= 11 is 6.70. The monoisotopic (exact) mass is 747 g/mol. The third-order valence-corrected chi connectivity index (χ3v) is 13.2. The third kappa shape index (κ3) is 12.1. The maximum atomic E-state index is 14.0. The maximum Gasteiger partial charge on any atom is 0.325 e. The molecule has 0 spiro atoms. The highest BCUT2D eigenvalue weighted by Gasteiger charge is 2.37. The lowest BCUT2D eigenvalue weighted by molar-refractivity contribution is -0.151. The Morgan fingerprint density at radius 1 is 0.938 bits per heavy atom. The molecule has 0 bridgehead atoms. The average Bonchev–Trinajstić information content (AvgIpc) is 3.46. The summed E-state index contributed by atoms with van der Waals surface area (Å²) in [7, 11) is -8.39. The Bertz CT molecular complexity index is 1700. The van der Waals surface area contributed by atoms with Crippen LogP contribution in [0.15, 0.2) is 58.8 Å². The number of thiophene rings is 1. The van der Waals surface area contributed by atoms with Gasteiger partial charge in [0.2, 0.25) is 0 Å². The van der Waals surface area contributed by atoms with Crippen LogP contribution in [0.5, 0.6) is 0 Å². The molecule has 1 unspecified atom stereocenters. The maximum absolute atomic E-state index is 14.0. The van der Waals surface area contributed by atoms with Gasteiger partial charge in [-0.3, -0.25) is 4.79 Å². The van der Waals surface area contributed by atoms with Crippen LogP contribution in [0.3, 0.4) is 0 Å². The van der Waals surface area contributed by atoms with Crippen LogP contribution in [0.1, 0.15) is 63.1 Å². The SMILES string of the molecule is CCCC(CCC)S(=O)(=O)CC(NS(=O)(=O)c1ccc(Cl)s1)C(=O)O[C@H](CNCc1cccc(CC)c1)[C@@H](N)Cc1cc(F)cc(F)c1. The number of sulfone groups is 1. The zero-order chi connectivity index (χ0) is 35.5. The van der Waals surface area contributed by atoms with Crippen molar-refractivity contribution in [2.24, 2.45) is 5.73 Å². The zero-order valence-corrected chi connectivity index (χ0v) is 30.5. The first kappa shape index (κ1) is 40.0. The van der Waals surface area contributed by atoms with Crippen molar-refractivity contribution < 1.29 is 35.1 Å². The highest BCUT2D eigenvalue weighted by molar-refractivity contribution is 7.92. The minimum Gasteiger partial charge on any atom is -0.458 e. The van der Waals surface area contributed by atoms with E-state index in [0.717, 1.165) is 47.1 Å². The van der Waals surface area contributed by atoms with Gasteiger partial charge in [0.05, 0.1) is 15.3 Å². The van der Waals surface area contributed by atoms with E-state index in [4.69, 9.17) is 22.1 Å². The van der Waals surface area contributed by atoms with Gasteiger partial charge in [-0.25, -0.2) is 25.6 Å². The van der Waals surface area contributed by atoms with Gasteiger partial charge < -0.3 is 15.8 Å². The van der Waals surface area contributed by atoms with E-state index in [1.807, 2.05) is 45.0 Å². The fourth-order valence-corrected chi connectivity index (χ4v) is 10.3. The number of carbonyl (C=O) groups excluding carboxylic acids is 1. The predicted molar refractivity (Wildman–Crippen MR) is 186 cm³/mol. The molecule has 0 fully saturated rings. The standard InChI is InChI=1S/C33H44ClF2N3O6S3/c1-4-8-27(9-5-2)47(41,42)21-29(39-48(43,44)32-13-12-31(34)46-32)33(40)45-30(20-38-19-23-11-7-10-22(6-3)14-23)28(37)17-24-15-25(35)18-26(36)16-24/h7,10-16,18,27-30,38-39H,4-6,8-9,17,19-21,37H2,1-3H3/t28-,29?,30+/m0/s1. The summed E-state index contributed by atoms with van der Waals surface area (Å²) in [4.78, 5) is 13.8. The number of ether oxygens (including phenoxy) is 1. The van der Waals surface area contributed by atoms with E-state index in [2.05, 4.69) is 10.0 Å². The molecule has 2 aromatic carbocycles. The number of rotatable bonds is 20. The summed E-state index contributed by atoms with van der Waals surface area (Å²) in [6.07, 6.45) is 1.41. The van der Waals surface area contributed by atoms with E-state index in [1.54, 1.807) is 0 Å². The Kier molecular flexibility index (Phi) is 15.4. The van der Waals surface area contributed by atoms with E-state index in [1.165, 1.54) is 12.1 Å². The fraction of sp³-hybridized carbons (Fsp3) is 0.485. The number of benzene rings is 2. The molecule has 9 nitrogen and oxygen atoms in total. The molecule has 3 aromatic rings. The Morgan fingerprint density at radius 2 is 1.58 bits per heavy atom. The van der Waals surface area contributed by atoms with Gasteiger partial charge in [-0.15, -0.1) is 11.3 Å².